The van der Waals surface area contributed by atoms with E-state index in [1.54, 1.807) is 0 Å². The molecule has 3 nitrogen and oxygen atoms in total. The van der Waals surface area contributed by atoms with E-state index in [1.807, 2.05) is 23.1 Å². The lowest BCUT2D eigenvalue weighted by atomic mass is 9.90. The number of likely N-dealkylation sites (tertiary alicyclic amines) is 1. The van der Waals surface area contributed by atoms with Crippen molar-refractivity contribution in [3.8, 4) is 0 Å². The molecule has 0 bridgehead atoms. The molecular weight excluding hydrogens is 322 g/mol. The molecule has 0 aliphatic carbocycles. The predicted molar refractivity (Wildman–Crippen MR) is 94.3 cm³/mol. The maximum atomic E-state index is 13.6. The van der Waals surface area contributed by atoms with Gasteiger partial charge in [0.15, 0.2) is 0 Å². The van der Waals surface area contributed by atoms with E-state index in [-0.39, 0.29) is 18.1 Å². The van der Waals surface area contributed by atoms with Gasteiger partial charge in [-0.25, -0.2) is 8.78 Å². The number of carbonyl (C=O) groups is 1. The number of hydrogen-bond donors (Lipinski definition) is 1. The Morgan fingerprint density at radius 2 is 1.80 bits per heavy atom. The van der Waals surface area contributed by atoms with Crippen molar-refractivity contribution >= 4 is 11.6 Å². The molecule has 0 spiro atoms. The Morgan fingerprint density at radius 1 is 1.08 bits per heavy atom. The molecule has 25 heavy (non-hydrogen) atoms. The molecule has 1 aliphatic heterocycles. The van der Waals surface area contributed by atoms with Crippen molar-refractivity contribution in [2.24, 2.45) is 5.92 Å². The van der Waals surface area contributed by atoms with Gasteiger partial charge in [-0.05, 0) is 42.9 Å². The Labute approximate surface area is 146 Å². The van der Waals surface area contributed by atoms with Crippen molar-refractivity contribution in [2.75, 3.05) is 25.0 Å². The van der Waals surface area contributed by atoms with Gasteiger partial charge in [-0.1, -0.05) is 30.3 Å². The predicted octanol–water partition coefficient (Wildman–Crippen LogP) is 3.86. The third kappa shape index (κ3) is 4.78. The molecular formula is C20H22F2N2O. The van der Waals surface area contributed by atoms with Crippen LogP contribution in [0.25, 0.3) is 0 Å². The summed E-state index contributed by atoms with van der Waals surface area (Å²) in [4.78, 5) is 14.1. The van der Waals surface area contributed by atoms with Gasteiger partial charge in [0.05, 0.1) is 12.2 Å². The number of piperidine rings is 1. The first-order valence-electron chi connectivity index (χ1n) is 8.62. The lowest BCUT2D eigenvalue weighted by molar-refractivity contribution is -0.130. The lowest BCUT2D eigenvalue weighted by Gasteiger charge is -2.32. The normalized spacial score (nSPS) is 15.2. The molecule has 1 N–H and O–H groups in total. The lowest BCUT2D eigenvalue weighted by Crippen LogP contribution is -2.41. The minimum Gasteiger partial charge on any atom is -0.374 e. The summed E-state index contributed by atoms with van der Waals surface area (Å²) in [5.41, 5.74) is 1.48. The number of nitrogens with zero attached hydrogens (tertiary/aromatic N) is 1. The zero-order valence-electron chi connectivity index (χ0n) is 14.1. The summed E-state index contributed by atoms with van der Waals surface area (Å²) in [6.45, 7) is 1.47. The van der Waals surface area contributed by atoms with Crippen molar-refractivity contribution < 1.29 is 13.6 Å². The van der Waals surface area contributed by atoms with Gasteiger partial charge in [0.2, 0.25) is 5.91 Å². The molecule has 0 saturated carbocycles. The van der Waals surface area contributed by atoms with Crippen LogP contribution in [-0.4, -0.2) is 30.4 Å². The van der Waals surface area contributed by atoms with Crippen molar-refractivity contribution in [2.45, 2.75) is 19.3 Å². The van der Waals surface area contributed by atoms with E-state index < -0.39 is 11.6 Å². The Morgan fingerprint density at radius 3 is 2.48 bits per heavy atom. The highest BCUT2D eigenvalue weighted by atomic mass is 19.1. The highest BCUT2D eigenvalue weighted by molar-refractivity contribution is 5.81. The SMILES string of the molecule is O=C(CNc1ccc(F)cc1F)N1CCC(Cc2ccccc2)CC1. The van der Waals surface area contributed by atoms with E-state index >= 15 is 0 Å². The molecule has 2 aromatic rings. The average molecular weight is 344 g/mol. The Hall–Kier alpha value is -2.43. The topological polar surface area (TPSA) is 32.3 Å². The second-order valence-electron chi connectivity index (χ2n) is 6.49. The highest BCUT2D eigenvalue weighted by Gasteiger charge is 2.22. The summed E-state index contributed by atoms with van der Waals surface area (Å²) in [5.74, 6) is -0.778. The molecule has 1 heterocycles. The van der Waals surface area contributed by atoms with Crippen LogP contribution in [0.5, 0.6) is 0 Å². The second kappa shape index (κ2) is 8.10. The van der Waals surface area contributed by atoms with Crippen molar-refractivity contribution in [3.63, 3.8) is 0 Å². The zero-order chi connectivity index (χ0) is 17.6. The maximum absolute atomic E-state index is 13.6. The van der Waals surface area contributed by atoms with Gasteiger partial charge in [-0.3, -0.25) is 4.79 Å². The average Bonchev–Trinajstić information content (AvgIpc) is 2.62. The first kappa shape index (κ1) is 17.4. The number of nitrogens with one attached hydrogen (secondary N) is 1. The number of halogens is 2. The molecule has 132 valence electrons. The Kier molecular flexibility index (Phi) is 5.64. The molecule has 0 unspecified atom stereocenters. The number of carbonyl (C=O) groups excluding carboxylic acids is 1. The quantitative estimate of drug-likeness (QED) is 0.893. The summed E-state index contributed by atoms with van der Waals surface area (Å²) in [6, 6.07) is 13.7. The summed E-state index contributed by atoms with van der Waals surface area (Å²) in [6.07, 6.45) is 3.00. The minimum atomic E-state index is -0.686. The van der Waals surface area contributed by atoms with Crippen LogP contribution in [0.4, 0.5) is 14.5 Å². The summed E-state index contributed by atoms with van der Waals surface area (Å²) in [5, 5.41) is 2.76. The van der Waals surface area contributed by atoms with Gasteiger partial charge in [0.25, 0.3) is 0 Å². The van der Waals surface area contributed by atoms with Gasteiger partial charge >= 0.3 is 0 Å². The van der Waals surface area contributed by atoms with E-state index in [9.17, 15) is 13.6 Å². The molecule has 1 aliphatic rings. The van der Waals surface area contributed by atoms with Gasteiger partial charge in [-0.2, -0.15) is 0 Å². The van der Waals surface area contributed by atoms with Crippen LogP contribution in [0.2, 0.25) is 0 Å². The van der Waals surface area contributed by atoms with Gasteiger partial charge in [0, 0.05) is 19.2 Å². The molecule has 1 amide bonds. The van der Waals surface area contributed by atoms with Crippen LogP contribution < -0.4 is 5.32 Å². The van der Waals surface area contributed by atoms with Crippen LogP contribution in [-0.2, 0) is 11.2 Å². The zero-order valence-corrected chi connectivity index (χ0v) is 14.1. The van der Waals surface area contributed by atoms with Crippen LogP contribution in [0.3, 0.4) is 0 Å². The summed E-state index contributed by atoms with van der Waals surface area (Å²) in [7, 11) is 0. The molecule has 0 atom stereocenters. The van der Waals surface area contributed by atoms with Crippen molar-refractivity contribution in [3.05, 3.63) is 65.7 Å². The Bertz CT molecular complexity index is 713. The molecule has 1 saturated heterocycles. The Balaban J connectivity index is 1.45. The van der Waals surface area contributed by atoms with Gasteiger partial charge < -0.3 is 10.2 Å². The van der Waals surface area contributed by atoms with E-state index in [2.05, 4.69) is 17.4 Å². The fourth-order valence-electron chi connectivity index (χ4n) is 3.25. The van der Waals surface area contributed by atoms with Crippen LogP contribution in [0.1, 0.15) is 18.4 Å². The highest BCUT2D eigenvalue weighted by Crippen LogP contribution is 2.22. The molecule has 1 fully saturated rings. The van der Waals surface area contributed by atoms with E-state index in [0.717, 1.165) is 38.4 Å². The standard InChI is InChI=1S/C20H22F2N2O/c21-17-6-7-19(18(22)13-17)23-14-20(25)24-10-8-16(9-11-24)12-15-4-2-1-3-5-15/h1-7,13,16,23H,8-12,14H2. The van der Waals surface area contributed by atoms with Crippen LogP contribution in [0, 0.1) is 17.6 Å². The smallest absolute Gasteiger partial charge is 0.241 e. The second-order valence-corrected chi connectivity index (χ2v) is 6.49. The maximum Gasteiger partial charge on any atom is 0.241 e. The van der Waals surface area contributed by atoms with E-state index in [4.69, 9.17) is 0 Å². The van der Waals surface area contributed by atoms with E-state index in [1.165, 1.54) is 17.7 Å². The first-order valence-corrected chi connectivity index (χ1v) is 8.62. The minimum absolute atomic E-state index is 0.0197. The molecule has 0 aromatic heterocycles. The van der Waals surface area contributed by atoms with Gasteiger partial charge in [0.1, 0.15) is 11.6 Å². The van der Waals surface area contributed by atoms with Crippen molar-refractivity contribution in [1.82, 2.24) is 4.90 Å². The summed E-state index contributed by atoms with van der Waals surface area (Å²) >= 11 is 0. The third-order valence-electron chi connectivity index (χ3n) is 4.70. The van der Waals surface area contributed by atoms with Gasteiger partial charge in [-0.15, -0.1) is 0 Å². The molecule has 5 heteroatoms. The number of amides is 1. The number of anilines is 1. The number of hydrogen-bond acceptors (Lipinski definition) is 2. The number of benzene rings is 2. The largest absolute Gasteiger partial charge is 0.374 e. The summed E-state index contributed by atoms with van der Waals surface area (Å²) < 4.78 is 26.5. The fraction of sp³-hybridized carbons (Fsp3) is 0.350. The van der Waals surface area contributed by atoms with Crippen molar-refractivity contribution in [1.29, 1.82) is 0 Å². The third-order valence-corrected chi connectivity index (χ3v) is 4.70. The first-order chi connectivity index (χ1) is 12.1. The molecule has 0 radical (unpaired) electrons. The monoisotopic (exact) mass is 344 g/mol. The van der Waals surface area contributed by atoms with Crippen LogP contribution >= 0.6 is 0 Å². The van der Waals surface area contributed by atoms with Crippen LogP contribution in [0.15, 0.2) is 48.5 Å². The number of rotatable bonds is 5. The molecule has 2 aromatic carbocycles. The van der Waals surface area contributed by atoms with E-state index in [0.29, 0.717) is 5.92 Å². The fourth-order valence-corrected chi connectivity index (χ4v) is 3.25. The molecule has 3 rings (SSSR count).